The second-order valence-corrected chi connectivity index (χ2v) is 3.70. The highest BCUT2D eigenvalue weighted by atomic mass is 16.4. The van der Waals surface area contributed by atoms with Crippen LogP contribution in [0.15, 0.2) is 48.5 Å². The first kappa shape index (κ1) is 11.9. The molecule has 90 valence electrons. The molecule has 0 aliphatic heterocycles. The average Bonchev–Trinajstić information content (AvgIpc) is 2.38. The molecule has 0 aromatic heterocycles. The van der Waals surface area contributed by atoms with Crippen molar-refractivity contribution in [1.29, 1.82) is 0 Å². The summed E-state index contributed by atoms with van der Waals surface area (Å²) < 4.78 is 0. The molecule has 0 spiro atoms. The second-order valence-electron chi connectivity index (χ2n) is 3.70. The summed E-state index contributed by atoms with van der Waals surface area (Å²) in [5.41, 5.74) is 0.785. The van der Waals surface area contributed by atoms with Gasteiger partial charge < -0.3 is 10.2 Å². The van der Waals surface area contributed by atoms with E-state index in [1.54, 1.807) is 30.3 Å². The molecule has 0 saturated carbocycles. The van der Waals surface area contributed by atoms with Crippen LogP contribution in [0, 0.1) is 0 Å². The van der Waals surface area contributed by atoms with Gasteiger partial charge in [0.05, 0.1) is 11.1 Å². The minimum absolute atomic E-state index is 0.0129. The van der Waals surface area contributed by atoms with Crippen LogP contribution in [-0.2, 0) is 0 Å². The summed E-state index contributed by atoms with van der Waals surface area (Å²) in [4.78, 5) is 22.4. The molecule has 4 nitrogen and oxygen atoms in total. The van der Waals surface area contributed by atoms with Gasteiger partial charge >= 0.3 is 11.9 Å². The average molecular weight is 242 g/mol. The minimum Gasteiger partial charge on any atom is -0.478 e. The standard InChI is InChI=1S/C14H10O4/c15-13(16)10-7-4-8-11(14(17)18)12(10)9-5-2-1-3-6-9/h1-8H,(H,15,16)(H,17,18). The molecule has 0 aliphatic rings. The normalized spacial score (nSPS) is 10.0. The minimum atomic E-state index is -1.14. The van der Waals surface area contributed by atoms with Crippen LogP contribution in [0.2, 0.25) is 0 Å². The van der Waals surface area contributed by atoms with Crippen molar-refractivity contribution in [2.45, 2.75) is 0 Å². The van der Waals surface area contributed by atoms with E-state index in [0.29, 0.717) is 5.56 Å². The Kier molecular flexibility index (Phi) is 3.10. The zero-order valence-electron chi connectivity index (χ0n) is 9.33. The van der Waals surface area contributed by atoms with E-state index in [2.05, 4.69) is 0 Å². The SMILES string of the molecule is O=C(O)c1cccc(C(=O)O)c1-c1ccccc1. The summed E-state index contributed by atoms with van der Waals surface area (Å²) in [6, 6.07) is 12.9. The Morgan fingerprint density at radius 3 is 1.67 bits per heavy atom. The highest BCUT2D eigenvalue weighted by Gasteiger charge is 2.18. The van der Waals surface area contributed by atoms with Crippen molar-refractivity contribution in [3.8, 4) is 11.1 Å². The zero-order valence-corrected chi connectivity index (χ0v) is 9.33. The Bertz CT molecular complexity index is 570. The highest BCUT2D eigenvalue weighted by molar-refractivity contribution is 6.04. The Labute approximate surface area is 103 Å². The van der Waals surface area contributed by atoms with Crippen LogP contribution in [0.25, 0.3) is 11.1 Å². The van der Waals surface area contributed by atoms with Crippen molar-refractivity contribution in [3.05, 3.63) is 59.7 Å². The van der Waals surface area contributed by atoms with E-state index in [1.165, 1.54) is 18.2 Å². The fourth-order valence-corrected chi connectivity index (χ4v) is 1.82. The number of rotatable bonds is 3. The third-order valence-electron chi connectivity index (χ3n) is 2.59. The molecule has 2 aromatic rings. The molecule has 18 heavy (non-hydrogen) atoms. The number of carboxylic acid groups (broad SMARTS) is 2. The van der Waals surface area contributed by atoms with Crippen molar-refractivity contribution in [1.82, 2.24) is 0 Å². The molecule has 0 heterocycles. The van der Waals surface area contributed by atoms with Crippen LogP contribution in [0.5, 0.6) is 0 Å². The highest BCUT2D eigenvalue weighted by Crippen LogP contribution is 2.27. The van der Waals surface area contributed by atoms with Crippen LogP contribution >= 0.6 is 0 Å². The smallest absolute Gasteiger partial charge is 0.336 e. The maximum Gasteiger partial charge on any atom is 0.336 e. The first-order chi connectivity index (χ1) is 8.61. The number of carbonyl (C=O) groups is 2. The lowest BCUT2D eigenvalue weighted by atomic mass is 9.94. The molecule has 0 radical (unpaired) electrons. The van der Waals surface area contributed by atoms with Gasteiger partial charge in [0.2, 0.25) is 0 Å². The molecule has 4 heteroatoms. The molecular formula is C14H10O4. The van der Waals surface area contributed by atoms with E-state index in [1.807, 2.05) is 0 Å². The lowest BCUT2D eigenvalue weighted by Gasteiger charge is -2.09. The van der Waals surface area contributed by atoms with Gasteiger partial charge in [0, 0.05) is 5.56 Å². The number of hydrogen-bond acceptors (Lipinski definition) is 2. The third kappa shape index (κ3) is 2.08. The Hall–Kier alpha value is -2.62. The summed E-state index contributed by atoms with van der Waals surface area (Å²) in [5, 5.41) is 18.3. The topological polar surface area (TPSA) is 74.6 Å². The molecule has 2 aromatic carbocycles. The summed E-state index contributed by atoms with van der Waals surface area (Å²) >= 11 is 0. The van der Waals surface area contributed by atoms with Crippen LogP contribution in [0.1, 0.15) is 20.7 Å². The first-order valence-corrected chi connectivity index (χ1v) is 5.26. The van der Waals surface area contributed by atoms with Gasteiger partial charge in [-0.25, -0.2) is 9.59 Å². The van der Waals surface area contributed by atoms with Crippen LogP contribution in [0.3, 0.4) is 0 Å². The van der Waals surface area contributed by atoms with Gasteiger partial charge in [-0.3, -0.25) is 0 Å². The molecule has 0 aliphatic carbocycles. The maximum atomic E-state index is 11.2. The van der Waals surface area contributed by atoms with Gasteiger partial charge in [-0.2, -0.15) is 0 Å². The van der Waals surface area contributed by atoms with E-state index < -0.39 is 11.9 Å². The van der Waals surface area contributed by atoms with Crippen molar-refractivity contribution in [3.63, 3.8) is 0 Å². The van der Waals surface area contributed by atoms with E-state index >= 15 is 0 Å². The largest absolute Gasteiger partial charge is 0.478 e. The van der Waals surface area contributed by atoms with Gasteiger partial charge in [-0.15, -0.1) is 0 Å². The third-order valence-corrected chi connectivity index (χ3v) is 2.59. The fraction of sp³-hybridized carbons (Fsp3) is 0. The lowest BCUT2D eigenvalue weighted by Crippen LogP contribution is -2.06. The predicted octanol–water partition coefficient (Wildman–Crippen LogP) is 2.75. The molecule has 0 amide bonds. The first-order valence-electron chi connectivity index (χ1n) is 5.26. The number of aromatic carboxylic acids is 2. The second kappa shape index (κ2) is 4.71. The van der Waals surface area contributed by atoms with Gasteiger partial charge in [0.25, 0.3) is 0 Å². The molecule has 0 bridgehead atoms. The Balaban J connectivity index is 2.77. The monoisotopic (exact) mass is 242 g/mol. The van der Waals surface area contributed by atoms with Crippen LogP contribution < -0.4 is 0 Å². The number of hydrogen-bond donors (Lipinski definition) is 2. The molecule has 0 atom stereocenters. The van der Waals surface area contributed by atoms with Gasteiger partial charge in [0.1, 0.15) is 0 Å². The van der Waals surface area contributed by atoms with Crippen LogP contribution in [-0.4, -0.2) is 22.2 Å². The fourth-order valence-electron chi connectivity index (χ4n) is 1.82. The molecule has 2 N–H and O–H groups in total. The van der Waals surface area contributed by atoms with E-state index in [9.17, 15) is 9.59 Å². The van der Waals surface area contributed by atoms with Gasteiger partial charge in [-0.1, -0.05) is 36.4 Å². The van der Waals surface area contributed by atoms with Crippen molar-refractivity contribution in [2.24, 2.45) is 0 Å². The van der Waals surface area contributed by atoms with Crippen molar-refractivity contribution < 1.29 is 19.8 Å². The quantitative estimate of drug-likeness (QED) is 0.867. The predicted molar refractivity (Wildman–Crippen MR) is 65.8 cm³/mol. The Morgan fingerprint density at radius 1 is 0.722 bits per heavy atom. The molecular weight excluding hydrogens is 232 g/mol. The van der Waals surface area contributed by atoms with E-state index in [4.69, 9.17) is 10.2 Å². The summed E-state index contributed by atoms with van der Waals surface area (Å²) in [6.45, 7) is 0. The molecule has 0 fully saturated rings. The number of benzene rings is 2. The molecule has 0 unspecified atom stereocenters. The lowest BCUT2D eigenvalue weighted by molar-refractivity contribution is 0.0696. The molecule has 2 rings (SSSR count). The molecule has 0 saturated heterocycles. The summed E-state index contributed by atoms with van der Waals surface area (Å²) in [7, 11) is 0. The summed E-state index contributed by atoms with van der Waals surface area (Å²) in [5.74, 6) is -2.28. The maximum absolute atomic E-state index is 11.2. The van der Waals surface area contributed by atoms with E-state index in [0.717, 1.165) is 0 Å². The zero-order chi connectivity index (χ0) is 13.1. The van der Waals surface area contributed by atoms with Crippen molar-refractivity contribution in [2.75, 3.05) is 0 Å². The van der Waals surface area contributed by atoms with Gasteiger partial charge in [-0.05, 0) is 17.7 Å². The van der Waals surface area contributed by atoms with Crippen molar-refractivity contribution >= 4 is 11.9 Å². The summed E-state index contributed by atoms with van der Waals surface area (Å²) in [6.07, 6.45) is 0. The Morgan fingerprint density at radius 2 is 1.22 bits per heavy atom. The van der Waals surface area contributed by atoms with E-state index in [-0.39, 0.29) is 16.7 Å². The number of carboxylic acids is 2. The van der Waals surface area contributed by atoms with Crippen LogP contribution in [0.4, 0.5) is 0 Å². The van der Waals surface area contributed by atoms with Gasteiger partial charge in [0.15, 0.2) is 0 Å².